The summed E-state index contributed by atoms with van der Waals surface area (Å²) in [5.41, 5.74) is 1.67. The van der Waals surface area contributed by atoms with E-state index < -0.39 is 18.0 Å². The molecule has 2 amide bonds. The molecular weight excluding hydrogens is 346 g/mol. The molecule has 27 heavy (non-hydrogen) atoms. The first kappa shape index (κ1) is 19.8. The maximum Gasteiger partial charge on any atom is 0.408 e. The lowest BCUT2D eigenvalue weighted by Gasteiger charge is -2.18. The van der Waals surface area contributed by atoms with Crippen LogP contribution in [0.1, 0.15) is 11.1 Å². The van der Waals surface area contributed by atoms with Crippen molar-refractivity contribution in [2.24, 2.45) is 0 Å². The molecule has 2 rings (SSSR count). The third kappa shape index (κ3) is 6.71. The van der Waals surface area contributed by atoms with Crippen LogP contribution in [0, 0.1) is 11.3 Å². The van der Waals surface area contributed by atoms with E-state index in [0.717, 1.165) is 11.1 Å². The highest BCUT2D eigenvalue weighted by molar-refractivity contribution is 5.86. The normalized spacial score (nSPS) is 11.0. The number of ether oxygens (including phenoxy) is 2. The molecule has 7 heteroatoms. The number of rotatable bonds is 8. The molecule has 0 aliphatic rings. The highest BCUT2D eigenvalue weighted by atomic mass is 16.5. The fourth-order valence-corrected chi connectivity index (χ4v) is 2.36. The van der Waals surface area contributed by atoms with Crippen molar-refractivity contribution in [3.8, 4) is 11.8 Å². The Hall–Kier alpha value is -3.53. The first-order valence-corrected chi connectivity index (χ1v) is 8.37. The van der Waals surface area contributed by atoms with Gasteiger partial charge in [0.25, 0.3) is 0 Å². The van der Waals surface area contributed by atoms with Crippen molar-refractivity contribution in [2.75, 3.05) is 13.7 Å². The van der Waals surface area contributed by atoms with Crippen LogP contribution in [0.25, 0.3) is 0 Å². The second-order valence-electron chi connectivity index (χ2n) is 5.69. The van der Waals surface area contributed by atoms with E-state index in [2.05, 4.69) is 10.6 Å². The number of hydrogen-bond acceptors (Lipinski definition) is 5. The van der Waals surface area contributed by atoms with Crippen molar-refractivity contribution >= 4 is 12.0 Å². The number of amides is 2. The topological polar surface area (TPSA) is 100 Å². The zero-order valence-corrected chi connectivity index (χ0v) is 15.0. The molecule has 2 N–H and O–H groups in total. The summed E-state index contributed by atoms with van der Waals surface area (Å²) in [4.78, 5) is 24.4. The minimum atomic E-state index is -0.866. The van der Waals surface area contributed by atoms with Crippen molar-refractivity contribution in [1.82, 2.24) is 10.6 Å². The Balaban J connectivity index is 1.98. The predicted molar refractivity (Wildman–Crippen MR) is 98.9 cm³/mol. The highest BCUT2D eigenvalue weighted by Gasteiger charge is 2.22. The molecule has 2 aromatic carbocycles. The molecule has 0 unspecified atom stereocenters. The first-order valence-electron chi connectivity index (χ1n) is 8.37. The number of methoxy groups -OCH3 is 1. The molecule has 0 spiro atoms. The summed E-state index contributed by atoms with van der Waals surface area (Å²) >= 11 is 0. The van der Waals surface area contributed by atoms with Crippen LogP contribution in [0.2, 0.25) is 0 Å². The Bertz CT molecular complexity index is 785. The monoisotopic (exact) mass is 367 g/mol. The van der Waals surface area contributed by atoms with E-state index in [4.69, 9.17) is 14.7 Å². The van der Waals surface area contributed by atoms with Gasteiger partial charge in [0.15, 0.2) is 0 Å². The van der Waals surface area contributed by atoms with Crippen molar-refractivity contribution < 1.29 is 19.1 Å². The molecule has 0 saturated heterocycles. The number of hydrogen-bond donors (Lipinski definition) is 2. The lowest BCUT2D eigenvalue weighted by atomic mass is 10.1. The third-order valence-corrected chi connectivity index (χ3v) is 3.76. The molecule has 140 valence electrons. The van der Waals surface area contributed by atoms with Crippen LogP contribution in [0.3, 0.4) is 0 Å². The summed E-state index contributed by atoms with van der Waals surface area (Å²) in [7, 11) is 1.57. The van der Waals surface area contributed by atoms with Gasteiger partial charge in [-0.2, -0.15) is 5.26 Å². The van der Waals surface area contributed by atoms with Gasteiger partial charge in [0.1, 0.15) is 24.9 Å². The van der Waals surface area contributed by atoms with Crippen LogP contribution in [0.4, 0.5) is 4.79 Å². The predicted octanol–water partition coefficient (Wildman–Crippen LogP) is 2.17. The van der Waals surface area contributed by atoms with Gasteiger partial charge < -0.3 is 20.1 Å². The van der Waals surface area contributed by atoms with E-state index in [-0.39, 0.29) is 19.6 Å². The van der Waals surface area contributed by atoms with Gasteiger partial charge in [0, 0.05) is 6.42 Å². The Morgan fingerprint density at radius 3 is 2.41 bits per heavy atom. The minimum Gasteiger partial charge on any atom is -0.497 e. The molecule has 0 heterocycles. The van der Waals surface area contributed by atoms with Crippen molar-refractivity contribution in [2.45, 2.75) is 19.1 Å². The van der Waals surface area contributed by atoms with Gasteiger partial charge in [0.2, 0.25) is 5.91 Å². The third-order valence-electron chi connectivity index (χ3n) is 3.76. The van der Waals surface area contributed by atoms with E-state index in [0.29, 0.717) is 5.75 Å². The Morgan fingerprint density at radius 1 is 1.07 bits per heavy atom. The zero-order chi connectivity index (χ0) is 19.5. The van der Waals surface area contributed by atoms with Gasteiger partial charge in [-0.25, -0.2) is 4.79 Å². The van der Waals surface area contributed by atoms with E-state index >= 15 is 0 Å². The summed E-state index contributed by atoms with van der Waals surface area (Å²) in [6.07, 6.45) is -0.453. The molecule has 0 aliphatic carbocycles. The molecular formula is C20H21N3O4. The van der Waals surface area contributed by atoms with Gasteiger partial charge >= 0.3 is 6.09 Å². The fraction of sp³-hybridized carbons (Fsp3) is 0.250. The number of benzene rings is 2. The summed E-state index contributed by atoms with van der Waals surface area (Å²) in [6.45, 7) is -0.0412. The summed E-state index contributed by atoms with van der Waals surface area (Å²) < 4.78 is 10.3. The molecule has 7 nitrogen and oxygen atoms in total. The minimum absolute atomic E-state index is 0.0990. The Labute approximate surface area is 157 Å². The van der Waals surface area contributed by atoms with Gasteiger partial charge in [-0.3, -0.25) is 4.79 Å². The number of nitrogens with one attached hydrogen (secondary N) is 2. The van der Waals surface area contributed by atoms with Crippen LogP contribution in [-0.2, 0) is 22.6 Å². The largest absolute Gasteiger partial charge is 0.497 e. The SMILES string of the molecule is COc1ccc(C[C@H](NC(=O)OCc2ccccc2)C(=O)NCC#N)cc1. The quantitative estimate of drug-likeness (QED) is 0.697. The van der Waals surface area contributed by atoms with E-state index in [1.54, 1.807) is 31.4 Å². The van der Waals surface area contributed by atoms with Crippen LogP contribution >= 0.6 is 0 Å². The fourth-order valence-electron chi connectivity index (χ4n) is 2.36. The maximum atomic E-state index is 12.3. The first-order chi connectivity index (χ1) is 13.1. The zero-order valence-electron chi connectivity index (χ0n) is 15.0. The van der Waals surface area contributed by atoms with Crippen LogP contribution in [-0.4, -0.2) is 31.7 Å². The van der Waals surface area contributed by atoms with Gasteiger partial charge in [-0.1, -0.05) is 42.5 Å². The van der Waals surface area contributed by atoms with Crippen LogP contribution in [0.15, 0.2) is 54.6 Å². The van der Waals surface area contributed by atoms with E-state index in [1.807, 2.05) is 36.4 Å². The molecule has 0 aliphatic heterocycles. The molecule has 2 aromatic rings. The number of nitrogens with zero attached hydrogens (tertiary/aromatic N) is 1. The number of carbonyl (C=O) groups is 2. The second-order valence-corrected chi connectivity index (χ2v) is 5.69. The number of alkyl carbamates (subject to hydrolysis) is 1. The maximum absolute atomic E-state index is 12.3. The second kappa shape index (κ2) is 10.5. The van der Waals surface area contributed by atoms with Gasteiger partial charge in [-0.05, 0) is 23.3 Å². The van der Waals surface area contributed by atoms with Crippen molar-refractivity contribution in [3.63, 3.8) is 0 Å². The number of nitriles is 1. The van der Waals surface area contributed by atoms with Gasteiger partial charge in [-0.15, -0.1) is 0 Å². The summed E-state index contributed by atoms with van der Waals surface area (Å²) in [6, 6.07) is 17.4. The van der Waals surface area contributed by atoms with Crippen LogP contribution < -0.4 is 15.4 Å². The average molecular weight is 367 g/mol. The summed E-state index contributed by atoms with van der Waals surface area (Å²) in [5, 5.41) is 13.7. The molecule has 1 atom stereocenters. The van der Waals surface area contributed by atoms with Crippen LogP contribution in [0.5, 0.6) is 5.75 Å². The number of carbonyl (C=O) groups excluding carboxylic acids is 2. The average Bonchev–Trinajstić information content (AvgIpc) is 2.71. The standard InChI is InChI=1S/C20H21N3O4/c1-26-17-9-7-15(8-10-17)13-18(19(24)22-12-11-21)23-20(25)27-14-16-5-3-2-4-6-16/h2-10,18H,12-14H2,1H3,(H,22,24)(H,23,25)/t18-/m0/s1. The summed E-state index contributed by atoms with van der Waals surface area (Å²) in [5.74, 6) is 0.239. The molecule has 0 aromatic heterocycles. The lowest BCUT2D eigenvalue weighted by Crippen LogP contribution is -2.48. The molecule has 0 radical (unpaired) electrons. The highest BCUT2D eigenvalue weighted by Crippen LogP contribution is 2.13. The van der Waals surface area contributed by atoms with Gasteiger partial charge in [0.05, 0.1) is 13.2 Å². The molecule has 0 fully saturated rings. The lowest BCUT2D eigenvalue weighted by molar-refractivity contribution is -0.122. The Morgan fingerprint density at radius 2 is 1.78 bits per heavy atom. The van der Waals surface area contributed by atoms with E-state index in [9.17, 15) is 9.59 Å². The van der Waals surface area contributed by atoms with E-state index in [1.165, 1.54) is 0 Å². The molecule has 0 saturated carbocycles. The molecule has 0 bridgehead atoms. The van der Waals surface area contributed by atoms with Crippen molar-refractivity contribution in [1.29, 1.82) is 5.26 Å². The van der Waals surface area contributed by atoms with Crippen molar-refractivity contribution in [3.05, 3.63) is 65.7 Å². The smallest absolute Gasteiger partial charge is 0.408 e. The Kier molecular flexibility index (Phi) is 7.67.